The number of ether oxygens (including phenoxy) is 1. The van der Waals surface area contributed by atoms with Crippen LogP contribution in [0.5, 0.6) is 0 Å². The van der Waals surface area contributed by atoms with Gasteiger partial charge in [0.05, 0.1) is 6.61 Å². The van der Waals surface area contributed by atoms with Gasteiger partial charge in [-0.05, 0) is 44.5 Å². The van der Waals surface area contributed by atoms with Gasteiger partial charge in [0, 0.05) is 20.2 Å². The number of aryl methyl sites for hydroxylation is 2. The average molecular weight is 250 g/mol. The number of rotatable bonds is 8. The highest BCUT2D eigenvalue weighted by Crippen LogP contribution is 2.13. The summed E-state index contributed by atoms with van der Waals surface area (Å²) in [5.74, 6) is 0. The number of nitrogens with two attached hydrogens (primary N) is 1. The standard InChI is InChI=1S/C15H26N2O/c1-13-5-6-14(2)15(11-13)12-17(8-4-7-16)9-10-18-3/h5-6,11H,4,7-10,12,16H2,1-3H3. The average Bonchev–Trinajstić information content (AvgIpc) is 2.37. The van der Waals surface area contributed by atoms with Gasteiger partial charge >= 0.3 is 0 Å². The van der Waals surface area contributed by atoms with Gasteiger partial charge in [-0.1, -0.05) is 23.8 Å². The zero-order valence-electron chi connectivity index (χ0n) is 11.9. The molecule has 102 valence electrons. The predicted octanol–water partition coefficient (Wildman–Crippen LogP) is 2.10. The molecule has 0 aliphatic heterocycles. The normalized spacial score (nSPS) is 11.2. The molecule has 0 unspecified atom stereocenters. The zero-order chi connectivity index (χ0) is 13.4. The van der Waals surface area contributed by atoms with E-state index in [9.17, 15) is 0 Å². The van der Waals surface area contributed by atoms with Gasteiger partial charge in [0.2, 0.25) is 0 Å². The minimum absolute atomic E-state index is 0.746. The van der Waals surface area contributed by atoms with Gasteiger partial charge in [0.25, 0.3) is 0 Å². The first-order chi connectivity index (χ1) is 8.67. The number of benzene rings is 1. The number of methoxy groups -OCH3 is 1. The molecule has 0 amide bonds. The van der Waals surface area contributed by atoms with Crippen LogP contribution in [0.25, 0.3) is 0 Å². The van der Waals surface area contributed by atoms with Crippen LogP contribution in [0.3, 0.4) is 0 Å². The van der Waals surface area contributed by atoms with Crippen molar-refractivity contribution >= 4 is 0 Å². The molecule has 0 aliphatic carbocycles. The first kappa shape index (κ1) is 15.2. The van der Waals surface area contributed by atoms with Gasteiger partial charge in [0.15, 0.2) is 0 Å². The Morgan fingerprint density at radius 2 is 2.00 bits per heavy atom. The lowest BCUT2D eigenvalue weighted by Crippen LogP contribution is -2.29. The van der Waals surface area contributed by atoms with Crippen molar-refractivity contribution in [3.8, 4) is 0 Å². The summed E-state index contributed by atoms with van der Waals surface area (Å²) in [6, 6.07) is 6.64. The van der Waals surface area contributed by atoms with Crippen LogP contribution in [0.1, 0.15) is 23.1 Å². The van der Waals surface area contributed by atoms with E-state index in [4.69, 9.17) is 10.5 Å². The second kappa shape index (κ2) is 8.25. The van der Waals surface area contributed by atoms with Crippen molar-refractivity contribution in [2.45, 2.75) is 26.8 Å². The van der Waals surface area contributed by atoms with Crippen LogP contribution in [0.15, 0.2) is 18.2 Å². The fourth-order valence-electron chi connectivity index (χ4n) is 2.02. The van der Waals surface area contributed by atoms with Gasteiger partial charge in [-0.25, -0.2) is 0 Å². The molecule has 0 radical (unpaired) electrons. The molecule has 1 aromatic carbocycles. The van der Waals surface area contributed by atoms with Gasteiger partial charge < -0.3 is 10.5 Å². The largest absolute Gasteiger partial charge is 0.383 e. The quantitative estimate of drug-likeness (QED) is 0.768. The summed E-state index contributed by atoms with van der Waals surface area (Å²) in [6.45, 7) is 8.81. The van der Waals surface area contributed by atoms with E-state index in [2.05, 4.69) is 36.9 Å². The maximum absolute atomic E-state index is 5.59. The van der Waals surface area contributed by atoms with E-state index < -0.39 is 0 Å². The zero-order valence-corrected chi connectivity index (χ0v) is 11.9. The van der Waals surface area contributed by atoms with Crippen molar-refractivity contribution < 1.29 is 4.74 Å². The lowest BCUT2D eigenvalue weighted by atomic mass is 10.1. The molecule has 0 bridgehead atoms. The summed E-state index contributed by atoms with van der Waals surface area (Å²) in [5.41, 5.74) is 9.68. The highest BCUT2D eigenvalue weighted by Gasteiger charge is 2.07. The van der Waals surface area contributed by atoms with E-state index in [1.165, 1.54) is 16.7 Å². The van der Waals surface area contributed by atoms with Crippen molar-refractivity contribution in [1.82, 2.24) is 4.90 Å². The van der Waals surface area contributed by atoms with Crippen molar-refractivity contribution in [2.24, 2.45) is 5.73 Å². The second-order valence-corrected chi connectivity index (χ2v) is 4.84. The smallest absolute Gasteiger partial charge is 0.0589 e. The van der Waals surface area contributed by atoms with Crippen molar-refractivity contribution in [1.29, 1.82) is 0 Å². The third-order valence-electron chi connectivity index (χ3n) is 3.19. The van der Waals surface area contributed by atoms with Crippen LogP contribution >= 0.6 is 0 Å². The highest BCUT2D eigenvalue weighted by molar-refractivity contribution is 5.30. The lowest BCUT2D eigenvalue weighted by molar-refractivity contribution is 0.143. The Morgan fingerprint density at radius 3 is 2.67 bits per heavy atom. The van der Waals surface area contributed by atoms with E-state index in [1.807, 2.05) is 0 Å². The topological polar surface area (TPSA) is 38.5 Å². The molecule has 3 nitrogen and oxygen atoms in total. The van der Waals surface area contributed by atoms with Gasteiger partial charge in [-0.3, -0.25) is 4.90 Å². The monoisotopic (exact) mass is 250 g/mol. The molecular weight excluding hydrogens is 224 g/mol. The molecule has 2 N–H and O–H groups in total. The summed E-state index contributed by atoms with van der Waals surface area (Å²) in [4.78, 5) is 2.41. The van der Waals surface area contributed by atoms with Crippen LogP contribution in [0.2, 0.25) is 0 Å². The number of hydrogen-bond acceptors (Lipinski definition) is 3. The summed E-state index contributed by atoms with van der Waals surface area (Å²) < 4.78 is 5.17. The van der Waals surface area contributed by atoms with E-state index in [-0.39, 0.29) is 0 Å². The maximum Gasteiger partial charge on any atom is 0.0589 e. The Hall–Kier alpha value is -0.900. The molecule has 0 fully saturated rings. The molecule has 0 saturated carbocycles. The van der Waals surface area contributed by atoms with Crippen LogP contribution in [0.4, 0.5) is 0 Å². The summed E-state index contributed by atoms with van der Waals surface area (Å²) in [5, 5.41) is 0. The molecule has 0 saturated heterocycles. The van der Waals surface area contributed by atoms with Crippen molar-refractivity contribution in [3.63, 3.8) is 0 Å². The minimum Gasteiger partial charge on any atom is -0.383 e. The fourth-order valence-corrected chi connectivity index (χ4v) is 2.02. The Morgan fingerprint density at radius 1 is 1.22 bits per heavy atom. The molecule has 1 rings (SSSR count). The van der Waals surface area contributed by atoms with Crippen molar-refractivity contribution in [2.75, 3.05) is 33.4 Å². The third-order valence-corrected chi connectivity index (χ3v) is 3.19. The summed E-state index contributed by atoms with van der Waals surface area (Å²) >= 11 is 0. The van der Waals surface area contributed by atoms with Crippen LogP contribution in [0, 0.1) is 13.8 Å². The minimum atomic E-state index is 0.746. The highest BCUT2D eigenvalue weighted by atomic mass is 16.5. The van der Waals surface area contributed by atoms with Gasteiger partial charge in [0.1, 0.15) is 0 Å². The molecular formula is C15H26N2O. The Balaban J connectivity index is 2.65. The maximum atomic E-state index is 5.59. The second-order valence-electron chi connectivity index (χ2n) is 4.84. The van der Waals surface area contributed by atoms with Crippen LogP contribution in [-0.4, -0.2) is 38.3 Å². The number of nitrogens with zero attached hydrogens (tertiary/aromatic N) is 1. The first-order valence-electron chi connectivity index (χ1n) is 6.65. The molecule has 0 spiro atoms. The molecule has 18 heavy (non-hydrogen) atoms. The fraction of sp³-hybridized carbons (Fsp3) is 0.600. The third kappa shape index (κ3) is 5.17. The first-order valence-corrected chi connectivity index (χ1v) is 6.65. The Kier molecular flexibility index (Phi) is 6.94. The van der Waals surface area contributed by atoms with Crippen LogP contribution < -0.4 is 5.73 Å². The molecule has 0 aromatic heterocycles. The predicted molar refractivity (Wildman–Crippen MR) is 76.7 cm³/mol. The van der Waals surface area contributed by atoms with E-state index in [1.54, 1.807) is 7.11 Å². The van der Waals surface area contributed by atoms with Gasteiger partial charge in [-0.15, -0.1) is 0 Å². The van der Waals surface area contributed by atoms with Crippen molar-refractivity contribution in [3.05, 3.63) is 34.9 Å². The SMILES string of the molecule is COCCN(CCCN)Cc1cc(C)ccc1C. The number of hydrogen-bond donors (Lipinski definition) is 1. The summed E-state index contributed by atoms with van der Waals surface area (Å²) in [7, 11) is 1.75. The summed E-state index contributed by atoms with van der Waals surface area (Å²) in [6.07, 6.45) is 1.04. The molecule has 3 heteroatoms. The molecule has 0 atom stereocenters. The molecule has 1 aromatic rings. The molecule has 0 heterocycles. The van der Waals surface area contributed by atoms with E-state index in [0.717, 1.165) is 39.2 Å². The van der Waals surface area contributed by atoms with Gasteiger partial charge in [-0.2, -0.15) is 0 Å². The van der Waals surface area contributed by atoms with E-state index in [0.29, 0.717) is 0 Å². The Labute approximate surface area is 111 Å². The Bertz CT molecular complexity index is 344. The lowest BCUT2D eigenvalue weighted by Gasteiger charge is -2.23. The van der Waals surface area contributed by atoms with E-state index >= 15 is 0 Å². The van der Waals surface area contributed by atoms with Crippen LogP contribution in [-0.2, 0) is 11.3 Å². The molecule has 0 aliphatic rings.